The lowest BCUT2D eigenvalue weighted by Crippen LogP contribution is -2.24. The first-order valence-corrected chi connectivity index (χ1v) is 5.33. The number of hydrogen-bond donors (Lipinski definition) is 1. The summed E-state index contributed by atoms with van der Waals surface area (Å²) in [7, 11) is 0. The lowest BCUT2D eigenvalue weighted by molar-refractivity contribution is -0.141. The number of thioether (sulfide) groups is 1. The van der Waals surface area contributed by atoms with Crippen molar-refractivity contribution < 1.29 is 19.1 Å². The summed E-state index contributed by atoms with van der Waals surface area (Å²) in [6, 6.07) is 0.101. The Balaban J connectivity index is 3.60. The lowest BCUT2D eigenvalue weighted by atomic mass is 10.4. The van der Waals surface area contributed by atoms with E-state index in [1.165, 1.54) is 0 Å². The van der Waals surface area contributed by atoms with E-state index in [9.17, 15) is 9.59 Å². The van der Waals surface area contributed by atoms with E-state index in [0.29, 0.717) is 18.7 Å². The molecule has 14 heavy (non-hydrogen) atoms. The average Bonchev–Trinajstić information content (AvgIpc) is 2.13. The lowest BCUT2D eigenvalue weighted by Gasteiger charge is -2.13. The Morgan fingerprint density at radius 1 is 1.36 bits per heavy atom. The Morgan fingerprint density at radius 3 is 2.57 bits per heavy atom. The first kappa shape index (κ1) is 13.2. The van der Waals surface area contributed by atoms with E-state index in [-0.39, 0.29) is 18.8 Å². The third-order valence-corrected chi connectivity index (χ3v) is 2.65. The fraction of sp³-hybridized carbons (Fsp3) is 0.750. The molecule has 2 N–H and O–H groups in total. The minimum absolute atomic E-state index is 0.0915. The molecule has 0 radical (unpaired) electrons. The van der Waals surface area contributed by atoms with Crippen molar-refractivity contribution in [2.24, 2.45) is 5.73 Å². The zero-order valence-electron chi connectivity index (χ0n) is 8.05. The van der Waals surface area contributed by atoms with Gasteiger partial charge in [0.2, 0.25) is 0 Å². The molecule has 82 valence electrons. The summed E-state index contributed by atoms with van der Waals surface area (Å²) in [5.74, 6) is 1.36. The number of hydrogen-bond acceptors (Lipinski definition) is 6. The molecule has 0 aromatic heterocycles. The van der Waals surface area contributed by atoms with Crippen LogP contribution in [0.1, 0.15) is 6.92 Å². The molecule has 0 aliphatic carbocycles. The van der Waals surface area contributed by atoms with Crippen molar-refractivity contribution in [2.45, 2.75) is 19.1 Å². The fourth-order valence-corrected chi connectivity index (χ4v) is 1.68. The highest BCUT2D eigenvalue weighted by Crippen LogP contribution is 2.06. The molecule has 0 fully saturated rings. The van der Waals surface area contributed by atoms with Crippen LogP contribution in [0.2, 0.25) is 0 Å². The monoisotopic (exact) mass is 221 g/mol. The zero-order chi connectivity index (χ0) is 10.8. The maximum absolute atomic E-state index is 10.1. The minimum Gasteiger partial charge on any atom is -0.464 e. The maximum Gasteiger partial charge on any atom is 0.293 e. The number of rotatable bonds is 9. The molecule has 0 heterocycles. The number of nitrogens with two attached hydrogens (primary N) is 1. The summed E-state index contributed by atoms with van der Waals surface area (Å²) >= 11 is 1.56. The van der Waals surface area contributed by atoms with Crippen LogP contribution in [-0.2, 0) is 19.1 Å². The Hall–Kier alpha value is -0.750. The van der Waals surface area contributed by atoms with Crippen LogP contribution in [0, 0.1) is 0 Å². The van der Waals surface area contributed by atoms with Crippen molar-refractivity contribution in [3.05, 3.63) is 0 Å². The van der Waals surface area contributed by atoms with Crippen LogP contribution in [0.4, 0.5) is 0 Å². The van der Waals surface area contributed by atoms with Crippen molar-refractivity contribution >= 4 is 24.7 Å². The highest BCUT2D eigenvalue weighted by atomic mass is 32.2. The summed E-state index contributed by atoms with van der Waals surface area (Å²) in [6.07, 6.45) is -0.388. The molecule has 0 aromatic rings. The Labute approximate surface area is 87.3 Å². The maximum atomic E-state index is 10.1. The smallest absolute Gasteiger partial charge is 0.293 e. The van der Waals surface area contributed by atoms with Crippen LogP contribution in [-0.4, -0.2) is 43.2 Å². The highest BCUT2D eigenvalue weighted by molar-refractivity contribution is 7.99. The fourth-order valence-electron chi connectivity index (χ4n) is 0.737. The molecule has 0 aliphatic heterocycles. The molecule has 6 heteroatoms. The summed E-state index contributed by atoms with van der Waals surface area (Å²) in [5, 5.41) is 0. The predicted molar refractivity (Wildman–Crippen MR) is 53.9 cm³/mol. The van der Waals surface area contributed by atoms with E-state index in [1.807, 2.05) is 6.92 Å². The van der Waals surface area contributed by atoms with E-state index < -0.39 is 0 Å². The molecule has 5 nitrogen and oxygen atoms in total. The molecule has 0 spiro atoms. The van der Waals surface area contributed by atoms with E-state index >= 15 is 0 Å². The molecule has 0 rings (SSSR count). The van der Waals surface area contributed by atoms with E-state index in [2.05, 4.69) is 4.74 Å². The summed E-state index contributed by atoms with van der Waals surface area (Å²) in [6.45, 7) is 2.67. The van der Waals surface area contributed by atoms with Crippen LogP contribution >= 0.6 is 11.8 Å². The van der Waals surface area contributed by atoms with Gasteiger partial charge in [-0.25, -0.2) is 0 Å². The quantitative estimate of drug-likeness (QED) is 0.542. The highest BCUT2D eigenvalue weighted by Gasteiger charge is 2.10. The van der Waals surface area contributed by atoms with Gasteiger partial charge in [0, 0.05) is 17.5 Å². The first-order chi connectivity index (χ1) is 6.70. The molecular formula is C8H15NO4S. The van der Waals surface area contributed by atoms with Crippen molar-refractivity contribution in [1.82, 2.24) is 0 Å². The SMILES string of the molecule is CC(N)CSCC(COC=O)OC=O. The minimum atomic E-state index is -0.388. The molecule has 0 amide bonds. The van der Waals surface area contributed by atoms with Gasteiger partial charge in [-0.2, -0.15) is 11.8 Å². The van der Waals surface area contributed by atoms with Crippen LogP contribution in [0.25, 0.3) is 0 Å². The van der Waals surface area contributed by atoms with Gasteiger partial charge in [-0.15, -0.1) is 0 Å². The van der Waals surface area contributed by atoms with Crippen LogP contribution < -0.4 is 5.73 Å². The van der Waals surface area contributed by atoms with E-state index in [0.717, 1.165) is 5.75 Å². The van der Waals surface area contributed by atoms with Gasteiger partial charge in [-0.05, 0) is 6.92 Å². The second-order valence-corrected chi connectivity index (χ2v) is 3.87. The third-order valence-electron chi connectivity index (χ3n) is 1.28. The molecule has 0 bridgehead atoms. The van der Waals surface area contributed by atoms with Crippen LogP contribution in [0.3, 0.4) is 0 Å². The predicted octanol–water partition coefficient (Wildman–Crippen LogP) is -0.219. The largest absolute Gasteiger partial charge is 0.464 e. The number of carbonyl (C=O) groups excluding carboxylic acids is 2. The standard InChI is InChI=1S/C8H15NO4S/c1-7(9)3-14-4-8(13-6-11)2-12-5-10/h5-8H,2-4,9H2,1H3. The number of ether oxygens (including phenoxy) is 2. The van der Waals surface area contributed by atoms with Gasteiger partial charge in [-0.3, -0.25) is 9.59 Å². The Kier molecular flexibility index (Phi) is 8.36. The first-order valence-electron chi connectivity index (χ1n) is 4.18. The van der Waals surface area contributed by atoms with Crippen molar-refractivity contribution in [3.63, 3.8) is 0 Å². The van der Waals surface area contributed by atoms with Crippen molar-refractivity contribution in [3.8, 4) is 0 Å². The van der Waals surface area contributed by atoms with Crippen LogP contribution in [0.5, 0.6) is 0 Å². The molecule has 2 unspecified atom stereocenters. The third kappa shape index (κ3) is 7.88. The van der Waals surface area contributed by atoms with E-state index in [1.54, 1.807) is 11.8 Å². The van der Waals surface area contributed by atoms with Gasteiger partial charge >= 0.3 is 0 Å². The van der Waals surface area contributed by atoms with Crippen molar-refractivity contribution in [2.75, 3.05) is 18.1 Å². The van der Waals surface area contributed by atoms with Gasteiger partial charge in [0.25, 0.3) is 12.9 Å². The summed E-state index contributed by atoms with van der Waals surface area (Å²) in [4.78, 5) is 20.0. The van der Waals surface area contributed by atoms with Gasteiger partial charge in [0.1, 0.15) is 12.7 Å². The summed E-state index contributed by atoms with van der Waals surface area (Å²) in [5.41, 5.74) is 5.53. The molecule has 0 saturated heterocycles. The Morgan fingerprint density at radius 2 is 2.07 bits per heavy atom. The van der Waals surface area contributed by atoms with Gasteiger partial charge < -0.3 is 15.2 Å². The molecule has 0 saturated carbocycles. The second-order valence-electron chi connectivity index (χ2n) is 2.80. The number of carbonyl (C=O) groups is 2. The normalized spacial score (nSPS) is 14.1. The topological polar surface area (TPSA) is 78.6 Å². The van der Waals surface area contributed by atoms with Crippen molar-refractivity contribution in [1.29, 1.82) is 0 Å². The van der Waals surface area contributed by atoms with Crippen LogP contribution in [0.15, 0.2) is 0 Å². The van der Waals surface area contributed by atoms with Gasteiger partial charge in [-0.1, -0.05) is 0 Å². The molecule has 0 aliphatic rings. The molecule has 0 aromatic carbocycles. The second kappa shape index (κ2) is 8.83. The summed E-state index contributed by atoms with van der Waals surface area (Å²) < 4.78 is 9.20. The van der Waals surface area contributed by atoms with E-state index in [4.69, 9.17) is 10.5 Å². The van der Waals surface area contributed by atoms with Gasteiger partial charge in [0.05, 0.1) is 0 Å². The zero-order valence-corrected chi connectivity index (χ0v) is 8.87. The van der Waals surface area contributed by atoms with Gasteiger partial charge in [0.15, 0.2) is 0 Å². The molecule has 2 atom stereocenters. The average molecular weight is 221 g/mol. The molecular weight excluding hydrogens is 206 g/mol. The Bertz CT molecular complexity index is 165.